The average molecular weight is 261 g/mol. The van der Waals surface area contributed by atoms with Crippen molar-refractivity contribution in [1.82, 2.24) is 15.0 Å². The van der Waals surface area contributed by atoms with Crippen molar-refractivity contribution >= 4 is 0 Å². The predicted molar refractivity (Wildman–Crippen MR) is 77.3 cm³/mol. The first kappa shape index (κ1) is 15.2. The van der Waals surface area contributed by atoms with Crippen molar-refractivity contribution in [3.05, 3.63) is 42.2 Å². The predicted octanol–water partition coefficient (Wildman–Crippen LogP) is 3.34. The molecule has 104 valence electrons. The average Bonchev–Trinajstić information content (AvgIpc) is 3.00. The Morgan fingerprint density at radius 3 is 2.42 bits per heavy atom. The fourth-order valence-electron chi connectivity index (χ4n) is 1.75. The molecule has 4 heteroatoms. The molecule has 0 saturated carbocycles. The summed E-state index contributed by atoms with van der Waals surface area (Å²) < 4.78 is 6.99. The second-order valence-electron chi connectivity index (χ2n) is 3.97. The second kappa shape index (κ2) is 9.14. The molecule has 0 saturated heterocycles. The van der Waals surface area contributed by atoms with Crippen molar-refractivity contribution in [2.45, 2.75) is 39.7 Å². The molecule has 2 aromatic rings. The molecule has 1 aromatic carbocycles. The lowest BCUT2D eigenvalue weighted by atomic mass is 10.1. The molecule has 1 aromatic heterocycles. The number of aromatic nitrogens is 3. The first-order valence-electron chi connectivity index (χ1n) is 6.85. The smallest absolute Gasteiger partial charge is 0.118 e. The van der Waals surface area contributed by atoms with E-state index in [1.54, 1.807) is 13.3 Å². The highest BCUT2D eigenvalue weighted by Gasteiger charge is 1.96. The second-order valence-corrected chi connectivity index (χ2v) is 3.97. The van der Waals surface area contributed by atoms with Crippen LogP contribution in [0.25, 0.3) is 0 Å². The number of rotatable bonds is 6. The van der Waals surface area contributed by atoms with E-state index in [1.807, 2.05) is 36.9 Å². The SMILES string of the molecule is CC.COc1ccc(CCCCn2ccnn2)cc1. The lowest BCUT2D eigenvalue weighted by Crippen LogP contribution is -1.99. The van der Waals surface area contributed by atoms with E-state index in [-0.39, 0.29) is 0 Å². The summed E-state index contributed by atoms with van der Waals surface area (Å²) in [7, 11) is 1.69. The van der Waals surface area contributed by atoms with E-state index >= 15 is 0 Å². The minimum Gasteiger partial charge on any atom is -0.497 e. The Balaban J connectivity index is 0.000000861. The molecule has 0 radical (unpaired) electrons. The molecule has 0 aliphatic heterocycles. The molecule has 0 aliphatic carbocycles. The number of hydrogen-bond acceptors (Lipinski definition) is 3. The van der Waals surface area contributed by atoms with Gasteiger partial charge in [-0.15, -0.1) is 5.10 Å². The lowest BCUT2D eigenvalue weighted by molar-refractivity contribution is 0.414. The Hall–Kier alpha value is -1.84. The summed E-state index contributed by atoms with van der Waals surface area (Å²) in [5.41, 5.74) is 1.35. The van der Waals surface area contributed by atoms with Crippen molar-refractivity contribution in [2.24, 2.45) is 0 Å². The Kier molecular flexibility index (Phi) is 7.32. The Morgan fingerprint density at radius 2 is 1.84 bits per heavy atom. The van der Waals surface area contributed by atoms with Gasteiger partial charge in [0.05, 0.1) is 13.3 Å². The van der Waals surface area contributed by atoms with E-state index in [0.29, 0.717) is 0 Å². The van der Waals surface area contributed by atoms with Crippen LogP contribution < -0.4 is 4.74 Å². The minimum absolute atomic E-state index is 0.913. The third-order valence-corrected chi connectivity index (χ3v) is 2.73. The molecule has 0 atom stereocenters. The van der Waals surface area contributed by atoms with Crippen molar-refractivity contribution in [3.8, 4) is 5.75 Å². The number of benzene rings is 1. The van der Waals surface area contributed by atoms with E-state index in [4.69, 9.17) is 4.74 Å². The van der Waals surface area contributed by atoms with E-state index < -0.39 is 0 Å². The molecule has 0 amide bonds. The Bertz CT molecular complexity index is 423. The van der Waals surface area contributed by atoms with Gasteiger partial charge < -0.3 is 4.74 Å². The van der Waals surface area contributed by atoms with Gasteiger partial charge in [-0.25, -0.2) is 0 Å². The fraction of sp³-hybridized carbons (Fsp3) is 0.467. The highest BCUT2D eigenvalue weighted by atomic mass is 16.5. The van der Waals surface area contributed by atoms with E-state index in [1.165, 1.54) is 5.56 Å². The third-order valence-electron chi connectivity index (χ3n) is 2.73. The summed E-state index contributed by atoms with van der Waals surface area (Å²) in [4.78, 5) is 0. The van der Waals surface area contributed by atoms with Crippen LogP contribution in [0.5, 0.6) is 5.75 Å². The summed E-state index contributed by atoms with van der Waals surface area (Å²) >= 11 is 0. The fourth-order valence-corrected chi connectivity index (χ4v) is 1.75. The number of unbranched alkanes of at least 4 members (excludes halogenated alkanes) is 1. The molecule has 19 heavy (non-hydrogen) atoms. The molecule has 0 N–H and O–H groups in total. The monoisotopic (exact) mass is 261 g/mol. The maximum absolute atomic E-state index is 5.13. The van der Waals surface area contributed by atoms with E-state index in [9.17, 15) is 0 Å². The highest BCUT2D eigenvalue weighted by Crippen LogP contribution is 2.13. The molecule has 0 unspecified atom stereocenters. The van der Waals surface area contributed by atoms with Gasteiger partial charge in [-0.1, -0.05) is 31.2 Å². The largest absolute Gasteiger partial charge is 0.497 e. The summed E-state index contributed by atoms with van der Waals surface area (Å²) in [6.07, 6.45) is 6.98. The first-order valence-corrected chi connectivity index (χ1v) is 6.85. The van der Waals surface area contributed by atoms with Crippen LogP contribution in [-0.2, 0) is 13.0 Å². The minimum atomic E-state index is 0.913. The van der Waals surface area contributed by atoms with Gasteiger partial charge in [0.2, 0.25) is 0 Å². The zero-order chi connectivity index (χ0) is 13.9. The van der Waals surface area contributed by atoms with Gasteiger partial charge in [-0.2, -0.15) is 0 Å². The van der Waals surface area contributed by atoms with Gasteiger partial charge in [-0.05, 0) is 37.0 Å². The van der Waals surface area contributed by atoms with Gasteiger partial charge in [0, 0.05) is 12.7 Å². The van der Waals surface area contributed by atoms with Gasteiger partial charge >= 0.3 is 0 Å². The standard InChI is InChI=1S/C13H17N3O.C2H6/c1-17-13-7-5-12(6-8-13)4-2-3-10-16-11-9-14-15-16;1-2/h5-9,11H,2-4,10H2,1H3;1-2H3. The Labute approximate surface area is 115 Å². The Morgan fingerprint density at radius 1 is 1.11 bits per heavy atom. The van der Waals surface area contributed by atoms with Gasteiger partial charge in [-0.3, -0.25) is 4.68 Å². The highest BCUT2D eigenvalue weighted by molar-refractivity contribution is 5.27. The zero-order valence-electron chi connectivity index (χ0n) is 12.0. The topological polar surface area (TPSA) is 39.9 Å². The molecule has 2 rings (SSSR count). The van der Waals surface area contributed by atoms with Gasteiger partial charge in [0.25, 0.3) is 0 Å². The number of hydrogen-bond donors (Lipinski definition) is 0. The maximum Gasteiger partial charge on any atom is 0.118 e. The van der Waals surface area contributed by atoms with Crippen molar-refractivity contribution < 1.29 is 4.74 Å². The molecule has 0 fully saturated rings. The van der Waals surface area contributed by atoms with Crippen LogP contribution >= 0.6 is 0 Å². The molecule has 1 heterocycles. The van der Waals surface area contributed by atoms with E-state index in [0.717, 1.165) is 31.6 Å². The summed E-state index contributed by atoms with van der Waals surface area (Å²) in [6, 6.07) is 8.25. The first-order chi connectivity index (χ1) is 9.38. The number of nitrogens with zero attached hydrogens (tertiary/aromatic N) is 3. The zero-order valence-corrected chi connectivity index (χ0v) is 12.0. The third kappa shape index (κ3) is 5.55. The van der Waals surface area contributed by atoms with Crippen LogP contribution in [0.3, 0.4) is 0 Å². The molecule has 0 spiro atoms. The van der Waals surface area contributed by atoms with Crippen LogP contribution in [0.15, 0.2) is 36.7 Å². The number of methoxy groups -OCH3 is 1. The molecular formula is C15H23N3O. The molecule has 0 bridgehead atoms. The van der Waals surface area contributed by atoms with Crippen LogP contribution in [0, 0.1) is 0 Å². The summed E-state index contributed by atoms with van der Waals surface area (Å²) in [5.74, 6) is 0.913. The van der Waals surface area contributed by atoms with Crippen LogP contribution in [0.4, 0.5) is 0 Å². The van der Waals surface area contributed by atoms with Crippen LogP contribution in [-0.4, -0.2) is 22.1 Å². The maximum atomic E-state index is 5.13. The number of aryl methyl sites for hydroxylation is 2. The molecule has 4 nitrogen and oxygen atoms in total. The quantitative estimate of drug-likeness (QED) is 0.749. The molecular weight excluding hydrogens is 238 g/mol. The summed E-state index contributed by atoms with van der Waals surface area (Å²) in [5, 5.41) is 7.71. The van der Waals surface area contributed by atoms with Gasteiger partial charge in [0.1, 0.15) is 5.75 Å². The van der Waals surface area contributed by atoms with Crippen molar-refractivity contribution in [2.75, 3.05) is 7.11 Å². The van der Waals surface area contributed by atoms with Crippen LogP contribution in [0.2, 0.25) is 0 Å². The lowest BCUT2D eigenvalue weighted by Gasteiger charge is -2.03. The van der Waals surface area contributed by atoms with Crippen molar-refractivity contribution in [3.63, 3.8) is 0 Å². The van der Waals surface area contributed by atoms with Crippen LogP contribution in [0.1, 0.15) is 32.3 Å². The van der Waals surface area contributed by atoms with E-state index in [2.05, 4.69) is 22.4 Å². The molecule has 0 aliphatic rings. The number of ether oxygens (including phenoxy) is 1. The van der Waals surface area contributed by atoms with Crippen molar-refractivity contribution in [1.29, 1.82) is 0 Å². The summed E-state index contributed by atoms with van der Waals surface area (Å²) in [6.45, 7) is 4.94. The normalized spacial score (nSPS) is 9.63. The van der Waals surface area contributed by atoms with Gasteiger partial charge in [0.15, 0.2) is 0 Å².